The number of benzene rings is 1. The van der Waals surface area contributed by atoms with E-state index in [1.54, 1.807) is 18.2 Å². The standard InChI is InChI=1S/C9H11NO4S/c1-15(11,12)10-7-2-3-8-9(6-7)14-5-4-13-8/h2-3,6,10H,4-5H2,1H3. The Labute approximate surface area is 88.1 Å². The Morgan fingerprint density at radius 1 is 1.20 bits per heavy atom. The highest BCUT2D eigenvalue weighted by Crippen LogP contribution is 2.32. The summed E-state index contributed by atoms with van der Waals surface area (Å²) >= 11 is 0. The van der Waals surface area contributed by atoms with Gasteiger partial charge in [0.25, 0.3) is 0 Å². The molecule has 0 amide bonds. The molecule has 2 rings (SSSR count). The van der Waals surface area contributed by atoms with E-state index >= 15 is 0 Å². The van der Waals surface area contributed by atoms with Gasteiger partial charge in [0, 0.05) is 6.07 Å². The second kappa shape index (κ2) is 3.62. The molecule has 0 spiro atoms. The molecule has 6 heteroatoms. The van der Waals surface area contributed by atoms with E-state index in [4.69, 9.17) is 9.47 Å². The summed E-state index contributed by atoms with van der Waals surface area (Å²) in [6.45, 7) is 1.00. The Morgan fingerprint density at radius 3 is 2.53 bits per heavy atom. The van der Waals surface area contributed by atoms with E-state index < -0.39 is 10.0 Å². The maximum Gasteiger partial charge on any atom is 0.229 e. The Bertz CT molecular complexity index is 469. The summed E-state index contributed by atoms with van der Waals surface area (Å²) in [6.07, 6.45) is 1.10. The number of sulfonamides is 1. The van der Waals surface area contributed by atoms with Crippen LogP contribution < -0.4 is 14.2 Å². The molecule has 0 aromatic heterocycles. The first-order valence-corrected chi connectivity index (χ1v) is 6.31. The molecule has 82 valence electrons. The minimum atomic E-state index is -3.25. The lowest BCUT2D eigenvalue weighted by Crippen LogP contribution is -2.16. The topological polar surface area (TPSA) is 64.6 Å². The number of hydrogen-bond donors (Lipinski definition) is 1. The fourth-order valence-electron chi connectivity index (χ4n) is 1.32. The van der Waals surface area contributed by atoms with E-state index in [1.165, 1.54) is 0 Å². The van der Waals surface area contributed by atoms with Crippen molar-refractivity contribution in [2.24, 2.45) is 0 Å². The molecule has 0 radical (unpaired) electrons. The number of rotatable bonds is 2. The minimum absolute atomic E-state index is 0.474. The molecule has 1 aromatic carbocycles. The van der Waals surface area contributed by atoms with Gasteiger partial charge in [-0.05, 0) is 12.1 Å². The smallest absolute Gasteiger partial charge is 0.229 e. The Kier molecular flexibility index (Phi) is 2.44. The second-order valence-electron chi connectivity index (χ2n) is 3.23. The molecule has 0 fully saturated rings. The number of nitrogens with one attached hydrogen (secondary N) is 1. The van der Waals surface area contributed by atoms with Crippen LogP contribution in [0.4, 0.5) is 5.69 Å². The van der Waals surface area contributed by atoms with Gasteiger partial charge < -0.3 is 9.47 Å². The van der Waals surface area contributed by atoms with Crippen LogP contribution in [0.2, 0.25) is 0 Å². The van der Waals surface area contributed by atoms with Crippen molar-refractivity contribution in [2.45, 2.75) is 0 Å². The molecule has 0 unspecified atom stereocenters. The van der Waals surface area contributed by atoms with Crippen LogP contribution >= 0.6 is 0 Å². The van der Waals surface area contributed by atoms with E-state index in [9.17, 15) is 8.42 Å². The summed E-state index contributed by atoms with van der Waals surface area (Å²) in [5.41, 5.74) is 0.474. The lowest BCUT2D eigenvalue weighted by atomic mass is 10.3. The molecule has 1 aliphatic heterocycles. The molecule has 0 bridgehead atoms. The summed E-state index contributed by atoms with van der Waals surface area (Å²) in [4.78, 5) is 0. The molecule has 5 nitrogen and oxygen atoms in total. The highest BCUT2D eigenvalue weighted by atomic mass is 32.2. The van der Waals surface area contributed by atoms with Crippen molar-refractivity contribution in [1.29, 1.82) is 0 Å². The number of anilines is 1. The molecular formula is C9H11NO4S. The van der Waals surface area contributed by atoms with Crippen LogP contribution in [0.3, 0.4) is 0 Å². The monoisotopic (exact) mass is 229 g/mol. The third-order valence-electron chi connectivity index (χ3n) is 1.85. The van der Waals surface area contributed by atoms with Crippen molar-refractivity contribution in [2.75, 3.05) is 24.2 Å². The van der Waals surface area contributed by atoms with Gasteiger partial charge in [-0.15, -0.1) is 0 Å². The molecule has 1 aliphatic rings. The Hall–Kier alpha value is -1.43. The summed E-state index contributed by atoms with van der Waals surface area (Å²) < 4.78 is 35.0. The summed E-state index contributed by atoms with van der Waals surface area (Å²) in [7, 11) is -3.25. The maximum absolute atomic E-state index is 11.0. The van der Waals surface area contributed by atoms with Crippen molar-refractivity contribution in [3.63, 3.8) is 0 Å². The summed E-state index contributed by atoms with van der Waals surface area (Å²) in [5, 5.41) is 0. The predicted molar refractivity (Wildman–Crippen MR) is 55.9 cm³/mol. The van der Waals surface area contributed by atoms with Crippen LogP contribution in [0.5, 0.6) is 11.5 Å². The van der Waals surface area contributed by atoms with Gasteiger partial charge in [-0.2, -0.15) is 0 Å². The zero-order valence-electron chi connectivity index (χ0n) is 8.19. The molecule has 1 aromatic rings. The second-order valence-corrected chi connectivity index (χ2v) is 4.98. The largest absolute Gasteiger partial charge is 0.486 e. The van der Waals surface area contributed by atoms with Gasteiger partial charge in [0.15, 0.2) is 11.5 Å². The molecule has 15 heavy (non-hydrogen) atoms. The van der Waals surface area contributed by atoms with E-state index in [-0.39, 0.29) is 0 Å². The van der Waals surface area contributed by atoms with Gasteiger partial charge in [0.05, 0.1) is 11.9 Å². The minimum Gasteiger partial charge on any atom is -0.486 e. The molecular weight excluding hydrogens is 218 g/mol. The van der Waals surface area contributed by atoms with Gasteiger partial charge in [0.1, 0.15) is 13.2 Å². The Balaban J connectivity index is 2.28. The van der Waals surface area contributed by atoms with Crippen LogP contribution in [-0.2, 0) is 10.0 Å². The first-order chi connectivity index (χ1) is 7.04. The Morgan fingerprint density at radius 2 is 1.87 bits per heavy atom. The zero-order chi connectivity index (χ0) is 10.9. The summed E-state index contributed by atoms with van der Waals surface area (Å²) in [6, 6.07) is 4.92. The van der Waals surface area contributed by atoms with Crippen LogP contribution in [0.25, 0.3) is 0 Å². The van der Waals surface area contributed by atoms with Crippen molar-refractivity contribution in [1.82, 2.24) is 0 Å². The predicted octanol–water partition coefficient (Wildman–Crippen LogP) is 0.829. The average molecular weight is 229 g/mol. The lowest BCUT2D eigenvalue weighted by Gasteiger charge is -2.18. The lowest BCUT2D eigenvalue weighted by molar-refractivity contribution is 0.171. The van der Waals surface area contributed by atoms with Crippen molar-refractivity contribution in [3.05, 3.63) is 18.2 Å². The van der Waals surface area contributed by atoms with Gasteiger partial charge in [0.2, 0.25) is 10.0 Å². The van der Waals surface area contributed by atoms with Gasteiger partial charge in [-0.3, -0.25) is 4.72 Å². The fourth-order valence-corrected chi connectivity index (χ4v) is 1.88. The molecule has 1 heterocycles. The first-order valence-electron chi connectivity index (χ1n) is 4.42. The van der Waals surface area contributed by atoms with Gasteiger partial charge in [-0.1, -0.05) is 0 Å². The highest BCUT2D eigenvalue weighted by molar-refractivity contribution is 7.92. The third kappa shape index (κ3) is 2.53. The number of hydrogen-bond acceptors (Lipinski definition) is 4. The van der Waals surface area contributed by atoms with E-state index in [1.807, 2.05) is 0 Å². The van der Waals surface area contributed by atoms with E-state index in [2.05, 4.69) is 4.72 Å². The zero-order valence-corrected chi connectivity index (χ0v) is 9.00. The molecule has 0 saturated carbocycles. The molecule has 1 N–H and O–H groups in total. The molecule has 0 atom stereocenters. The quantitative estimate of drug-likeness (QED) is 0.815. The van der Waals surface area contributed by atoms with Gasteiger partial charge in [-0.25, -0.2) is 8.42 Å². The van der Waals surface area contributed by atoms with Crippen LogP contribution in [0.15, 0.2) is 18.2 Å². The number of ether oxygens (including phenoxy) is 2. The normalized spacial score (nSPS) is 14.7. The van der Waals surface area contributed by atoms with Crippen molar-refractivity contribution < 1.29 is 17.9 Å². The molecule has 0 saturated heterocycles. The first kappa shape index (κ1) is 10.1. The van der Waals surface area contributed by atoms with Crippen LogP contribution in [-0.4, -0.2) is 27.9 Å². The molecule has 0 aliphatic carbocycles. The van der Waals surface area contributed by atoms with E-state index in [0.717, 1.165) is 6.26 Å². The fraction of sp³-hybridized carbons (Fsp3) is 0.333. The average Bonchev–Trinajstić information content (AvgIpc) is 2.15. The van der Waals surface area contributed by atoms with E-state index in [0.29, 0.717) is 30.4 Å². The van der Waals surface area contributed by atoms with Crippen molar-refractivity contribution in [3.8, 4) is 11.5 Å². The van der Waals surface area contributed by atoms with Crippen LogP contribution in [0, 0.1) is 0 Å². The van der Waals surface area contributed by atoms with Crippen LogP contribution in [0.1, 0.15) is 0 Å². The SMILES string of the molecule is CS(=O)(=O)Nc1ccc2c(c1)OCCO2. The maximum atomic E-state index is 11.0. The van der Waals surface area contributed by atoms with Gasteiger partial charge >= 0.3 is 0 Å². The van der Waals surface area contributed by atoms with Crippen molar-refractivity contribution >= 4 is 15.7 Å². The number of fused-ring (bicyclic) bond motifs is 1. The highest BCUT2D eigenvalue weighted by Gasteiger charge is 2.12. The third-order valence-corrected chi connectivity index (χ3v) is 2.45. The summed E-state index contributed by atoms with van der Waals surface area (Å²) in [5.74, 6) is 1.20.